The molecule has 0 aromatic rings. The molecule has 1 fully saturated rings. The number of nitrogens with zero attached hydrogens (tertiary/aromatic N) is 1. The predicted octanol–water partition coefficient (Wildman–Crippen LogP) is 1.68. The van der Waals surface area contributed by atoms with E-state index >= 15 is 0 Å². The van der Waals surface area contributed by atoms with Crippen molar-refractivity contribution < 1.29 is 14.7 Å². The highest BCUT2D eigenvalue weighted by Crippen LogP contribution is 2.30. The largest absolute Gasteiger partial charge is 0.480 e. The summed E-state index contributed by atoms with van der Waals surface area (Å²) in [5.74, 6) is -0.832. The minimum Gasteiger partial charge on any atom is -0.480 e. The van der Waals surface area contributed by atoms with E-state index in [1.54, 1.807) is 4.57 Å². The van der Waals surface area contributed by atoms with E-state index in [-0.39, 0.29) is 12.3 Å². The molecule has 4 nitrogen and oxygen atoms in total. The molecule has 1 saturated heterocycles. The van der Waals surface area contributed by atoms with Crippen LogP contribution >= 0.6 is 0 Å². The summed E-state index contributed by atoms with van der Waals surface area (Å²) in [5, 5.41) is 8.94. The van der Waals surface area contributed by atoms with Gasteiger partial charge in [0.15, 0.2) is 8.24 Å². The van der Waals surface area contributed by atoms with Crippen LogP contribution in [0.5, 0.6) is 0 Å². The Balaban J connectivity index is 2.67. The maximum atomic E-state index is 11.5. The molecule has 1 aliphatic heterocycles. The second-order valence-corrected chi connectivity index (χ2v) is 9.34. The summed E-state index contributed by atoms with van der Waals surface area (Å²) in [6.45, 7) is 6.27. The van der Waals surface area contributed by atoms with Gasteiger partial charge in [-0.3, -0.25) is 9.59 Å². The van der Waals surface area contributed by atoms with E-state index in [0.717, 1.165) is 18.9 Å². The first-order valence-corrected chi connectivity index (χ1v) is 8.60. The zero-order valence-corrected chi connectivity index (χ0v) is 10.6. The summed E-state index contributed by atoms with van der Waals surface area (Å²) in [6, 6.07) is 0.454. The van der Waals surface area contributed by atoms with Gasteiger partial charge in [0.25, 0.3) is 0 Å². The molecule has 1 amide bonds. The van der Waals surface area contributed by atoms with Crippen LogP contribution in [0.4, 0.5) is 0 Å². The van der Waals surface area contributed by atoms with Crippen molar-refractivity contribution in [2.45, 2.75) is 51.4 Å². The van der Waals surface area contributed by atoms with E-state index in [2.05, 4.69) is 20.0 Å². The number of carboxylic acids is 1. The molecule has 0 spiro atoms. The normalized spacial score (nSPS) is 21.4. The van der Waals surface area contributed by atoms with E-state index in [1.807, 2.05) is 0 Å². The molecule has 5 heteroatoms. The molecule has 0 radical (unpaired) electrons. The first-order valence-electron chi connectivity index (χ1n) is 5.45. The third kappa shape index (κ3) is 2.39. The smallest absolute Gasteiger partial charge is 0.326 e. The third-order valence-corrected chi connectivity index (χ3v) is 6.47. The van der Waals surface area contributed by atoms with Crippen molar-refractivity contribution in [2.75, 3.05) is 0 Å². The minimum atomic E-state index is -1.83. The molecule has 1 atom stereocenters. The van der Waals surface area contributed by atoms with Gasteiger partial charge in [-0.2, -0.15) is 0 Å². The molecule has 1 rings (SSSR count). The Morgan fingerprint density at radius 1 is 1.60 bits per heavy atom. The molecule has 86 valence electrons. The molecular weight excluding hydrogens is 210 g/mol. The fourth-order valence-corrected chi connectivity index (χ4v) is 5.38. The zero-order chi connectivity index (χ0) is 11.6. The topological polar surface area (TPSA) is 57.6 Å². The Morgan fingerprint density at radius 2 is 2.20 bits per heavy atom. The van der Waals surface area contributed by atoms with Crippen LogP contribution in [0.25, 0.3) is 0 Å². The lowest BCUT2D eigenvalue weighted by Crippen LogP contribution is -2.67. The van der Waals surface area contributed by atoms with E-state index in [9.17, 15) is 9.59 Å². The van der Waals surface area contributed by atoms with Crippen molar-refractivity contribution in [2.24, 2.45) is 0 Å². The van der Waals surface area contributed by atoms with Crippen molar-refractivity contribution in [3.05, 3.63) is 0 Å². The molecule has 1 N–H and O–H groups in total. The van der Waals surface area contributed by atoms with Crippen LogP contribution in [0.2, 0.25) is 19.1 Å². The Bertz CT molecular complexity index is 278. The number of amides is 1. The van der Waals surface area contributed by atoms with Gasteiger partial charge < -0.3 is 9.67 Å². The van der Waals surface area contributed by atoms with Gasteiger partial charge in [-0.05, 0) is 6.04 Å². The van der Waals surface area contributed by atoms with Gasteiger partial charge in [0.1, 0.15) is 6.04 Å². The number of hydrogen-bond acceptors (Lipinski definition) is 2. The monoisotopic (exact) mass is 229 g/mol. The number of β-lactam (4-membered cyclic amide) rings is 1. The van der Waals surface area contributed by atoms with E-state index in [1.165, 1.54) is 0 Å². The number of aliphatic carboxylic acids is 1. The summed E-state index contributed by atoms with van der Waals surface area (Å²) in [6.07, 6.45) is 2.36. The number of carboxylic acid groups (broad SMARTS) is 1. The molecule has 0 saturated carbocycles. The lowest BCUT2D eigenvalue weighted by Gasteiger charge is -2.47. The molecule has 0 aliphatic carbocycles. The molecule has 1 heterocycles. The summed E-state index contributed by atoms with van der Waals surface area (Å²) >= 11 is 0. The van der Waals surface area contributed by atoms with Crippen LogP contribution in [0.15, 0.2) is 0 Å². The van der Waals surface area contributed by atoms with Crippen LogP contribution in [0.1, 0.15) is 26.2 Å². The highest BCUT2D eigenvalue weighted by molar-refractivity contribution is 6.77. The Labute approximate surface area is 91.4 Å². The molecular formula is C10H19NO3Si. The van der Waals surface area contributed by atoms with Crippen LogP contribution in [0, 0.1) is 0 Å². The van der Waals surface area contributed by atoms with Gasteiger partial charge in [-0.1, -0.05) is 32.9 Å². The summed E-state index contributed by atoms with van der Waals surface area (Å²) in [5.41, 5.74) is 0. The molecule has 1 unspecified atom stereocenters. The van der Waals surface area contributed by atoms with E-state index < -0.39 is 20.2 Å². The van der Waals surface area contributed by atoms with E-state index in [0.29, 0.717) is 0 Å². The Hall–Kier alpha value is -0.843. The van der Waals surface area contributed by atoms with E-state index in [4.69, 9.17) is 5.11 Å². The molecule has 1 aliphatic rings. The Kier molecular flexibility index (Phi) is 3.54. The number of carbonyl (C=O) groups is 2. The average molecular weight is 229 g/mol. The van der Waals surface area contributed by atoms with Crippen molar-refractivity contribution in [1.29, 1.82) is 0 Å². The van der Waals surface area contributed by atoms with Crippen LogP contribution in [-0.2, 0) is 9.59 Å². The molecule has 0 aromatic heterocycles. The molecule has 0 bridgehead atoms. The maximum Gasteiger partial charge on any atom is 0.326 e. The quantitative estimate of drug-likeness (QED) is 0.576. The summed E-state index contributed by atoms with van der Waals surface area (Å²) in [4.78, 5) is 22.3. The first kappa shape index (κ1) is 12.2. The standard InChI is InChI=1S/C10H19NO3Si/c1-4-5-6-15(2,3)11-8(10(13)14)7-9(11)12/h8H,4-7H2,1-3H3,(H,13,14). The fraction of sp³-hybridized carbons (Fsp3) is 0.800. The third-order valence-electron chi connectivity index (χ3n) is 3.03. The average Bonchev–Trinajstić information content (AvgIpc) is 2.09. The number of hydrogen-bond donors (Lipinski definition) is 1. The summed E-state index contributed by atoms with van der Waals surface area (Å²) < 4.78 is 1.66. The second kappa shape index (κ2) is 4.34. The van der Waals surface area contributed by atoms with Gasteiger partial charge in [0, 0.05) is 0 Å². The van der Waals surface area contributed by atoms with Gasteiger partial charge in [-0.25, -0.2) is 0 Å². The highest BCUT2D eigenvalue weighted by atomic mass is 28.3. The lowest BCUT2D eigenvalue weighted by molar-refractivity contribution is -0.156. The SMILES string of the molecule is CCCC[Si](C)(C)N1C(=O)CC1C(=O)O. The number of carbonyl (C=O) groups excluding carboxylic acids is 1. The van der Waals surface area contributed by atoms with Crippen molar-refractivity contribution in [1.82, 2.24) is 4.57 Å². The number of unbranched alkanes of at least 4 members (excludes halogenated alkanes) is 1. The van der Waals surface area contributed by atoms with Crippen molar-refractivity contribution in [3.63, 3.8) is 0 Å². The number of rotatable bonds is 5. The maximum absolute atomic E-state index is 11.5. The minimum absolute atomic E-state index is 0.0233. The first-order chi connectivity index (χ1) is 6.90. The lowest BCUT2D eigenvalue weighted by atomic mass is 10.1. The van der Waals surface area contributed by atoms with Gasteiger partial charge in [0.2, 0.25) is 5.91 Å². The second-order valence-electron chi connectivity index (χ2n) is 4.74. The fourth-order valence-electron chi connectivity index (χ4n) is 2.10. The van der Waals surface area contributed by atoms with Crippen molar-refractivity contribution >= 4 is 20.1 Å². The zero-order valence-electron chi connectivity index (χ0n) is 9.62. The predicted molar refractivity (Wildman–Crippen MR) is 60.1 cm³/mol. The van der Waals surface area contributed by atoms with Crippen LogP contribution in [-0.4, -0.2) is 35.8 Å². The van der Waals surface area contributed by atoms with Gasteiger partial charge >= 0.3 is 5.97 Å². The summed E-state index contributed by atoms with van der Waals surface area (Å²) in [7, 11) is -1.83. The van der Waals surface area contributed by atoms with Gasteiger partial charge in [-0.15, -0.1) is 0 Å². The van der Waals surface area contributed by atoms with Crippen LogP contribution < -0.4 is 0 Å². The highest BCUT2D eigenvalue weighted by Gasteiger charge is 2.49. The Morgan fingerprint density at radius 3 is 2.60 bits per heavy atom. The molecule has 15 heavy (non-hydrogen) atoms. The van der Waals surface area contributed by atoms with Gasteiger partial charge in [0.05, 0.1) is 6.42 Å². The van der Waals surface area contributed by atoms with Crippen molar-refractivity contribution in [3.8, 4) is 0 Å². The molecule has 0 aromatic carbocycles. The van der Waals surface area contributed by atoms with Crippen LogP contribution in [0.3, 0.4) is 0 Å².